The van der Waals surface area contributed by atoms with Crippen molar-refractivity contribution in [1.29, 1.82) is 0 Å². The Morgan fingerprint density at radius 3 is 2.21 bits per heavy atom. The summed E-state index contributed by atoms with van der Waals surface area (Å²) in [4.78, 5) is 22.9. The lowest BCUT2D eigenvalue weighted by molar-refractivity contribution is -0.384. The van der Waals surface area contributed by atoms with Crippen LogP contribution in [0, 0.1) is 17.0 Å². The zero-order valence-corrected chi connectivity index (χ0v) is 17.1. The molecule has 0 aliphatic heterocycles. The average molecular weight is 421 g/mol. The first-order valence-corrected chi connectivity index (χ1v) is 10.3. The number of ether oxygens (including phenoxy) is 1. The zero-order valence-electron chi connectivity index (χ0n) is 16.3. The number of benzene rings is 2. The summed E-state index contributed by atoms with van der Waals surface area (Å²) in [6, 6.07) is 9.60. The van der Waals surface area contributed by atoms with Gasteiger partial charge in [-0.2, -0.15) is 4.72 Å². The largest absolute Gasteiger partial charge is 0.465 e. The lowest BCUT2D eigenvalue weighted by Crippen LogP contribution is -2.49. The van der Waals surface area contributed by atoms with Gasteiger partial charge in [0.2, 0.25) is 10.0 Å². The van der Waals surface area contributed by atoms with Crippen molar-refractivity contribution in [2.75, 3.05) is 13.7 Å². The van der Waals surface area contributed by atoms with Crippen molar-refractivity contribution >= 4 is 21.7 Å². The molecule has 0 aliphatic carbocycles. The molecule has 0 amide bonds. The summed E-state index contributed by atoms with van der Waals surface area (Å²) in [5.41, 5.74) is 1.27. The number of nitro groups is 1. The number of non-ortho nitro benzene ring substituents is 1. The summed E-state index contributed by atoms with van der Waals surface area (Å²) < 4.78 is 33.1. The van der Waals surface area contributed by atoms with Crippen molar-refractivity contribution < 1.29 is 22.9 Å². The smallest absolute Gasteiger partial charge is 0.326 e. The molecule has 2 aromatic rings. The van der Waals surface area contributed by atoms with E-state index in [-0.39, 0.29) is 17.2 Å². The van der Waals surface area contributed by atoms with Crippen LogP contribution in [-0.4, -0.2) is 39.0 Å². The van der Waals surface area contributed by atoms with Crippen molar-refractivity contribution in [2.24, 2.45) is 0 Å². The van der Waals surface area contributed by atoms with Gasteiger partial charge in [-0.3, -0.25) is 14.9 Å². The molecule has 0 radical (unpaired) electrons. The van der Waals surface area contributed by atoms with Gasteiger partial charge in [-0.1, -0.05) is 29.8 Å². The van der Waals surface area contributed by atoms with Gasteiger partial charge in [0.25, 0.3) is 5.69 Å². The number of carbonyl (C=O) groups is 1. The van der Waals surface area contributed by atoms with E-state index in [2.05, 4.69) is 10.0 Å². The minimum absolute atomic E-state index is 0.0101. The summed E-state index contributed by atoms with van der Waals surface area (Å²) in [7, 11) is -2.47. The molecule has 2 N–H and O–H groups in total. The first kappa shape index (κ1) is 22.5. The van der Waals surface area contributed by atoms with E-state index in [1.165, 1.54) is 36.4 Å². The predicted molar refractivity (Wildman–Crippen MR) is 107 cm³/mol. The van der Waals surface area contributed by atoms with Crippen LogP contribution in [0.5, 0.6) is 0 Å². The first-order valence-electron chi connectivity index (χ1n) is 8.87. The standard InChI is InChI=1S/C19H23N3O6S/c1-4-28-19(23)18(21-29(26,27)16-11-5-13(2)6-12-16)17(20-3)14-7-9-15(10-8-14)22(24)25/h5-12,17-18,20-21H,4H2,1-3H3/t17-,18-/m0/s1. The summed E-state index contributed by atoms with van der Waals surface area (Å²) in [6.07, 6.45) is 0. The SMILES string of the molecule is CCOC(=O)[C@@H](NS(=O)(=O)c1ccc(C)cc1)[C@@H](NC)c1ccc([N+](=O)[O-])cc1. The fraction of sp³-hybridized carbons (Fsp3) is 0.316. The molecule has 0 saturated heterocycles. The molecule has 0 fully saturated rings. The van der Waals surface area contributed by atoms with Crippen LogP contribution in [0.1, 0.15) is 24.1 Å². The highest BCUT2D eigenvalue weighted by Gasteiger charge is 2.34. The quantitative estimate of drug-likeness (QED) is 0.360. The number of carbonyl (C=O) groups excluding carboxylic acids is 1. The van der Waals surface area contributed by atoms with Gasteiger partial charge < -0.3 is 10.1 Å². The number of likely N-dealkylation sites (N-methyl/N-ethyl adjacent to an activating group) is 1. The third kappa shape index (κ3) is 5.59. The highest BCUT2D eigenvalue weighted by atomic mass is 32.2. The second-order valence-electron chi connectivity index (χ2n) is 6.28. The lowest BCUT2D eigenvalue weighted by Gasteiger charge is -2.26. The maximum atomic E-state index is 12.8. The summed E-state index contributed by atoms with van der Waals surface area (Å²) in [5.74, 6) is -0.763. The Kier molecular flexibility index (Phi) is 7.43. The number of hydrogen-bond donors (Lipinski definition) is 2. The first-order chi connectivity index (χ1) is 13.7. The second-order valence-corrected chi connectivity index (χ2v) is 7.99. The van der Waals surface area contributed by atoms with Crippen molar-refractivity contribution in [2.45, 2.75) is 30.8 Å². The number of nitro benzene ring substituents is 1. The Hall–Kier alpha value is -2.82. The fourth-order valence-electron chi connectivity index (χ4n) is 2.77. The topological polar surface area (TPSA) is 128 Å². The van der Waals surface area contributed by atoms with Gasteiger partial charge in [-0.05, 0) is 38.6 Å². The molecule has 0 aromatic heterocycles. The molecule has 0 bridgehead atoms. The predicted octanol–water partition coefficient (Wildman–Crippen LogP) is 2.07. The van der Waals surface area contributed by atoms with Crippen LogP contribution in [0.4, 0.5) is 5.69 Å². The molecule has 0 saturated carbocycles. The van der Waals surface area contributed by atoms with Gasteiger partial charge in [-0.25, -0.2) is 8.42 Å². The number of sulfonamides is 1. The third-order valence-electron chi connectivity index (χ3n) is 4.26. The Bertz CT molecular complexity index is 958. The van der Waals surface area contributed by atoms with Crippen molar-refractivity contribution in [3.05, 3.63) is 69.8 Å². The molecule has 2 aromatic carbocycles. The highest BCUT2D eigenvalue weighted by molar-refractivity contribution is 7.89. The monoisotopic (exact) mass is 421 g/mol. The van der Waals surface area contributed by atoms with E-state index in [0.717, 1.165) is 5.56 Å². The van der Waals surface area contributed by atoms with E-state index in [1.54, 1.807) is 26.1 Å². The molecule has 156 valence electrons. The Morgan fingerprint density at radius 1 is 1.14 bits per heavy atom. The van der Waals surface area contributed by atoms with Gasteiger partial charge in [0.1, 0.15) is 6.04 Å². The van der Waals surface area contributed by atoms with Crippen LogP contribution in [0.25, 0.3) is 0 Å². The van der Waals surface area contributed by atoms with Crippen LogP contribution < -0.4 is 10.0 Å². The number of hydrogen-bond acceptors (Lipinski definition) is 7. The lowest BCUT2D eigenvalue weighted by atomic mass is 10.00. The van der Waals surface area contributed by atoms with Crippen LogP contribution in [-0.2, 0) is 19.6 Å². The van der Waals surface area contributed by atoms with Crippen LogP contribution >= 0.6 is 0 Å². The Morgan fingerprint density at radius 2 is 1.72 bits per heavy atom. The van der Waals surface area contributed by atoms with Gasteiger partial charge in [0.05, 0.1) is 22.5 Å². The Balaban J connectivity index is 2.40. The average Bonchev–Trinajstić information content (AvgIpc) is 2.68. The molecule has 29 heavy (non-hydrogen) atoms. The fourth-order valence-corrected chi connectivity index (χ4v) is 3.96. The number of esters is 1. The maximum absolute atomic E-state index is 12.8. The van der Waals surface area contributed by atoms with Gasteiger partial charge in [0, 0.05) is 12.1 Å². The molecule has 2 atom stereocenters. The van der Waals surface area contributed by atoms with E-state index < -0.39 is 33.0 Å². The van der Waals surface area contributed by atoms with E-state index in [0.29, 0.717) is 5.56 Å². The van der Waals surface area contributed by atoms with Crippen LogP contribution in [0.3, 0.4) is 0 Å². The molecular weight excluding hydrogens is 398 g/mol. The molecule has 2 rings (SSSR count). The van der Waals surface area contributed by atoms with E-state index in [1.807, 2.05) is 6.92 Å². The molecule has 0 heterocycles. The van der Waals surface area contributed by atoms with Crippen molar-refractivity contribution in [3.8, 4) is 0 Å². The molecule has 9 nitrogen and oxygen atoms in total. The minimum atomic E-state index is -4.02. The Labute approximate surface area is 169 Å². The number of aryl methyl sites for hydroxylation is 1. The molecule has 0 aliphatic rings. The second kappa shape index (κ2) is 9.59. The summed E-state index contributed by atoms with van der Waals surface area (Å²) >= 11 is 0. The molecule has 0 unspecified atom stereocenters. The zero-order chi connectivity index (χ0) is 21.6. The van der Waals surface area contributed by atoms with Gasteiger partial charge in [0.15, 0.2) is 0 Å². The van der Waals surface area contributed by atoms with Gasteiger partial charge in [-0.15, -0.1) is 0 Å². The molecule has 10 heteroatoms. The molecule has 0 spiro atoms. The number of nitrogens with one attached hydrogen (secondary N) is 2. The van der Waals surface area contributed by atoms with Crippen molar-refractivity contribution in [1.82, 2.24) is 10.0 Å². The number of rotatable bonds is 9. The van der Waals surface area contributed by atoms with Gasteiger partial charge >= 0.3 is 5.97 Å². The normalized spacial score (nSPS) is 13.5. The minimum Gasteiger partial charge on any atom is -0.465 e. The maximum Gasteiger partial charge on any atom is 0.326 e. The van der Waals surface area contributed by atoms with E-state index >= 15 is 0 Å². The van der Waals surface area contributed by atoms with E-state index in [9.17, 15) is 23.3 Å². The van der Waals surface area contributed by atoms with Crippen molar-refractivity contribution in [3.63, 3.8) is 0 Å². The van der Waals surface area contributed by atoms with E-state index in [4.69, 9.17) is 4.74 Å². The summed E-state index contributed by atoms with van der Waals surface area (Å²) in [6.45, 7) is 3.51. The van der Waals surface area contributed by atoms with Crippen LogP contribution in [0.15, 0.2) is 53.4 Å². The summed E-state index contributed by atoms with van der Waals surface area (Å²) in [5, 5.41) is 13.8. The third-order valence-corrected chi connectivity index (χ3v) is 5.72. The number of nitrogens with zero attached hydrogens (tertiary/aromatic N) is 1. The molecular formula is C19H23N3O6S. The van der Waals surface area contributed by atoms with Crippen LogP contribution in [0.2, 0.25) is 0 Å². The highest BCUT2D eigenvalue weighted by Crippen LogP contribution is 2.23.